The summed E-state index contributed by atoms with van der Waals surface area (Å²) in [5.41, 5.74) is 2.43. The normalized spacial score (nSPS) is 11.8. The van der Waals surface area contributed by atoms with Gasteiger partial charge in [0.05, 0.1) is 0 Å². The molecule has 0 atom stereocenters. The number of benzene rings is 1. The van der Waals surface area contributed by atoms with Crippen molar-refractivity contribution in [2.75, 3.05) is 0 Å². The number of hydrogen-bond acceptors (Lipinski definition) is 3. The van der Waals surface area contributed by atoms with Gasteiger partial charge >= 0.3 is 0 Å². The van der Waals surface area contributed by atoms with Crippen LogP contribution in [0, 0.1) is 6.92 Å². The van der Waals surface area contributed by atoms with Gasteiger partial charge in [-0.2, -0.15) is 0 Å². The average molecular weight is 216 g/mol. The topological polar surface area (TPSA) is 38.9 Å². The van der Waals surface area contributed by atoms with E-state index in [1.165, 1.54) is 5.56 Å². The molecule has 0 spiro atoms. The zero-order valence-electron chi connectivity index (χ0n) is 10.1. The van der Waals surface area contributed by atoms with Gasteiger partial charge in [0, 0.05) is 12.5 Å². The van der Waals surface area contributed by atoms with Gasteiger partial charge in [-0.1, -0.05) is 32.9 Å². The van der Waals surface area contributed by atoms with Crippen LogP contribution in [0.4, 0.5) is 0 Å². The fraction of sp³-hybridized carbons (Fsp3) is 0.385. The first-order valence-corrected chi connectivity index (χ1v) is 5.38. The standard InChI is InChI=1S/C13H16N2O/c1-9-14-15-12(16-9)10-5-7-11(8-6-10)13(2,3)4/h5-8H,1-4H3. The summed E-state index contributed by atoms with van der Waals surface area (Å²) in [5.74, 6) is 1.17. The third-order valence-electron chi connectivity index (χ3n) is 2.52. The molecule has 1 aromatic carbocycles. The van der Waals surface area contributed by atoms with Gasteiger partial charge in [0.2, 0.25) is 11.8 Å². The molecule has 0 saturated heterocycles. The highest BCUT2D eigenvalue weighted by Gasteiger charge is 2.14. The molecule has 0 radical (unpaired) electrons. The smallest absolute Gasteiger partial charge is 0.247 e. The lowest BCUT2D eigenvalue weighted by Crippen LogP contribution is -2.10. The van der Waals surface area contributed by atoms with E-state index in [-0.39, 0.29) is 5.41 Å². The predicted molar refractivity (Wildman–Crippen MR) is 63.2 cm³/mol. The van der Waals surface area contributed by atoms with Crippen molar-refractivity contribution < 1.29 is 4.42 Å². The molecule has 84 valence electrons. The number of rotatable bonds is 1. The van der Waals surface area contributed by atoms with Gasteiger partial charge in [0.1, 0.15) is 0 Å². The summed E-state index contributed by atoms with van der Waals surface area (Å²) >= 11 is 0. The molecule has 0 saturated carbocycles. The Hall–Kier alpha value is -1.64. The average Bonchev–Trinajstić information content (AvgIpc) is 2.64. The minimum atomic E-state index is 0.170. The van der Waals surface area contributed by atoms with Crippen molar-refractivity contribution in [3.05, 3.63) is 35.7 Å². The van der Waals surface area contributed by atoms with Crippen LogP contribution in [0.15, 0.2) is 28.7 Å². The largest absolute Gasteiger partial charge is 0.421 e. The second-order valence-corrected chi connectivity index (χ2v) is 4.95. The van der Waals surface area contributed by atoms with E-state index in [2.05, 4.69) is 43.1 Å². The van der Waals surface area contributed by atoms with Crippen LogP contribution in [0.25, 0.3) is 11.5 Å². The highest BCUT2D eigenvalue weighted by atomic mass is 16.4. The van der Waals surface area contributed by atoms with Crippen molar-refractivity contribution >= 4 is 0 Å². The molecule has 0 bridgehead atoms. The first kappa shape index (κ1) is 10.9. The molecule has 3 heteroatoms. The Morgan fingerprint density at radius 2 is 1.62 bits per heavy atom. The molecule has 2 aromatic rings. The minimum Gasteiger partial charge on any atom is -0.421 e. The maximum atomic E-state index is 5.37. The van der Waals surface area contributed by atoms with Gasteiger partial charge in [-0.3, -0.25) is 0 Å². The van der Waals surface area contributed by atoms with E-state index in [0.717, 1.165) is 5.56 Å². The summed E-state index contributed by atoms with van der Waals surface area (Å²) in [5, 5.41) is 7.81. The molecule has 16 heavy (non-hydrogen) atoms. The fourth-order valence-corrected chi connectivity index (χ4v) is 1.53. The van der Waals surface area contributed by atoms with Gasteiger partial charge in [0.25, 0.3) is 0 Å². The molecule has 0 fully saturated rings. The van der Waals surface area contributed by atoms with Crippen LogP contribution in [0.5, 0.6) is 0 Å². The van der Waals surface area contributed by atoms with E-state index < -0.39 is 0 Å². The van der Waals surface area contributed by atoms with E-state index in [1.54, 1.807) is 6.92 Å². The molecule has 0 amide bonds. The molecule has 0 N–H and O–H groups in total. The van der Waals surface area contributed by atoms with E-state index in [1.807, 2.05) is 12.1 Å². The molecular formula is C13H16N2O. The second-order valence-electron chi connectivity index (χ2n) is 4.95. The van der Waals surface area contributed by atoms with Crippen molar-refractivity contribution in [2.24, 2.45) is 0 Å². The minimum absolute atomic E-state index is 0.170. The number of aryl methyl sites for hydroxylation is 1. The molecule has 0 unspecified atom stereocenters. The summed E-state index contributed by atoms with van der Waals surface area (Å²) < 4.78 is 5.37. The Labute approximate surface area is 95.5 Å². The predicted octanol–water partition coefficient (Wildman–Crippen LogP) is 3.34. The molecule has 0 aliphatic rings. The zero-order valence-corrected chi connectivity index (χ0v) is 10.1. The van der Waals surface area contributed by atoms with Crippen molar-refractivity contribution in [3.63, 3.8) is 0 Å². The molecule has 2 rings (SSSR count). The van der Waals surface area contributed by atoms with Crippen LogP contribution in [0.2, 0.25) is 0 Å². The molecule has 3 nitrogen and oxygen atoms in total. The monoisotopic (exact) mass is 216 g/mol. The van der Waals surface area contributed by atoms with Crippen molar-refractivity contribution in [1.82, 2.24) is 10.2 Å². The Balaban J connectivity index is 2.33. The first-order valence-electron chi connectivity index (χ1n) is 5.38. The van der Waals surface area contributed by atoms with Gasteiger partial charge in [-0.05, 0) is 23.1 Å². The second kappa shape index (κ2) is 3.74. The molecule has 0 aliphatic heterocycles. The van der Waals surface area contributed by atoms with Crippen LogP contribution in [-0.2, 0) is 5.41 Å². The Morgan fingerprint density at radius 1 is 1.00 bits per heavy atom. The molecule has 1 aromatic heterocycles. The Morgan fingerprint density at radius 3 is 2.06 bits per heavy atom. The summed E-state index contributed by atoms with van der Waals surface area (Å²) in [4.78, 5) is 0. The summed E-state index contributed by atoms with van der Waals surface area (Å²) in [7, 11) is 0. The fourth-order valence-electron chi connectivity index (χ4n) is 1.53. The highest BCUT2D eigenvalue weighted by Crippen LogP contribution is 2.25. The van der Waals surface area contributed by atoms with Gasteiger partial charge < -0.3 is 4.42 Å². The maximum Gasteiger partial charge on any atom is 0.247 e. The van der Waals surface area contributed by atoms with Crippen LogP contribution >= 0.6 is 0 Å². The van der Waals surface area contributed by atoms with Gasteiger partial charge in [0.15, 0.2) is 0 Å². The third-order valence-corrected chi connectivity index (χ3v) is 2.52. The van der Waals surface area contributed by atoms with Crippen LogP contribution in [0.1, 0.15) is 32.2 Å². The van der Waals surface area contributed by atoms with Crippen molar-refractivity contribution in [1.29, 1.82) is 0 Å². The quantitative estimate of drug-likeness (QED) is 0.733. The third kappa shape index (κ3) is 2.13. The lowest BCUT2D eigenvalue weighted by molar-refractivity contribution is 0.532. The summed E-state index contributed by atoms with van der Waals surface area (Å²) in [6.45, 7) is 8.37. The maximum absolute atomic E-state index is 5.37. The summed E-state index contributed by atoms with van der Waals surface area (Å²) in [6, 6.07) is 8.25. The number of aromatic nitrogens is 2. The van der Waals surface area contributed by atoms with Crippen LogP contribution in [0.3, 0.4) is 0 Å². The van der Waals surface area contributed by atoms with E-state index in [9.17, 15) is 0 Å². The van der Waals surface area contributed by atoms with Crippen LogP contribution in [-0.4, -0.2) is 10.2 Å². The van der Waals surface area contributed by atoms with E-state index in [4.69, 9.17) is 4.42 Å². The van der Waals surface area contributed by atoms with Crippen molar-refractivity contribution in [2.45, 2.75) is 33.1 Å². The van der Waals surface area contributed by atoms with Crippen molar-refractivity contribution in [3.8, 4) is 11.5 Å². The number of hydrogen-bond donors (Lipinski definition) is 0. The first-order chi connectivity index (χ1) is 7.47. The lowest BCUT2D eigenvalue weighted by atomic mass is 9.87. The Bertz CT molecular complexity index is 477. The Kier molecular flexibility index (Phi) is 2.54. The zero-order chi connectivity index (χ0) is 11.8. The van der Waals surface area contributed by atoms with E-state index in [0.29, 0.717) is 11.8 Å². The molecule has 1 heterocycles. The number of nitrogens with zero attached hydrogens (tertiary/aromatic N) is 2. The molecule has 0 aliphatic carbocycles. The highest BCUT2D eigenvalue weighted by molar-refractivity contribution is 5.53. The SMILES string of the molecule is Cc1nnc(-c2ccc(C(C)(C)C)cc2)o1. The van der Waals surface area contributed by atoms with E-state index >= 15 is 0 Å². The van der Waals surface area contributed by atoms with Gasteiger partial charge in [-0.25, -0.2) is 0 Å². The van der Waals surface area contributed by atoms with Crippen LogP contribution < -0.4 is 0 Å². The molecular weight excluding hydrogens is 200 g/mol. The summed E-state index contributed by atoms with van der Waals surface area (Å²) in [6.07, 6.45) is 0. The lowest BCUT2D eigenvalue weighted by Gasteiger charge is -2.18. The van der Waals surface area contributed by atoms with Gasteiger partial charge in [-0.15, -0.1) is 10.2 Å².